The monoisotopic (exact) mass is 326 g/mol. The third-order valence-electron chi connectivity index (χ3n) is 3.31. The Morgan fingerprint density at radius 1 is 1.39 bits per heavy atom. The number of esters is 1. The van der Waals surface area contributed by atoms with Gasteiger partial charge in [-0.05, 0) is 24.1 Å². The summed E-state index contributed by atoms with van der Waals surface area (Å²) in [5.41, 5.74) is 2.29. The zero-order chi connectivity index (χ0) is 16.2. The first kappa shape index (κ1) is 15.2. The van der Waals surface area contributed by atoms with Crippen LogP contribution in [0.2, 0.25) is 0 Å². The molecule has 5 nitrogen and oxygen atoms in total. The summed E-state index contributed by atoms with van der Waals surface area (Å²) in [5, 5.41) is 1.78. The Bertz CT molecular complexity index is 940. The van der Waals surface area contributed by atoms with E-state index in [1.54, 1.807) is 17.7 Å². The van der Waals surface area contributed by atoms with Crippen molar-refractivity contribution in [2.45, 2.75) is 13.5 Å². The van der Waals surface area contributed by atoms with Gasteiger partial charge in [-0.15, -0.1) is 11.3 Å². The first-order valence-electron chi connectivity index (χ1n) is 7.00. The molecule has 2 aromatic heterocycles. The Balaban J connectivity index is 1.66. The Morgan fingerprint density at radius 2 is 2.22 bits per heavy atom. The smallest absolute Gasteiger partial charge is 0.331 e. The standard InChI is InChI=1S/C17H14N2O3S/c1-12-4-2-3-5-13(12)6-7-16(21)22-11-14-10-15(20)19-8-9-23-17(19)18-14/h2-10H,11H2,1H3/b7-6+. The minimum atomic E-state index is -0.471. The first-order chi connectivity index (χ1) is 11.1. The van der Waals surface area contributed by atoms with Crippen molar-refractivity contribution in [2.75, 3.05) is 0 Å². The number of hydrogen-bond donors (Lipinski definition) is 0. The summed E-state index contributed by atoms with van der Waals surface area (Å²) >= 11 is 1.36. The largest absolute Gasteiger partial charge is 0.456 e. The molecule has 3 rings (SSSR count). The van der Waals surface area contributed by atoms with E-state index in [1.165, 1.54) is 27.9 Å². The maximum Gasteiger partial charge on any atom is 0.331 e. The van der Waals surface area contributed by atoms with Crippen molar-refractivity contribution < 1.29 is 9.53 Å². The normalized spacial score (nSPS) is 11.2. The lowest BCUT2D eigenvalue weighted by molar-refractivity contribution is -0.139. The van der Waals surface area contributed by atoms with Crippen molar-refractivity contribution >= 4 is 28.3 Å². The number of rotatable bonds is 4. The van der Waals surface area contributed by atoms with E-state index in [-0.39, 0.29) is 12.2 Å². The highest BCUT2D eigenvalue weighted by atomic mass is 32.1. The van der Waals surface area contributed by atoms with Crippen molar-refractivity contribution in [3.63, 3.8) is 0 Å². The van der Waals surface area contributed by atoms with Gasteiger partial charge in [0.2, 0.25) is 0 Å². The molecule has 2 heterocycles. The Hall–Kier alpha value is -2.73. The van der Waals surface area contributed by atoms with Crippen LogP contribution in [0.3, 0.4) is 0 Å². The van der Waals surface area contributed by atoms with Gasteiger partial charge in [0.1, 0.15) is 6.61 Å². The van der Waals surface area contributed by atoms with E-state index in [0.29, 0.717) is 10.7 Å². The summed E-state index contributed by atoms with van der Waals surface area (Å²) in [4.78, 5) is 28.5. The van der Waals surface area contributed by atoms with Crippen LogP contribution in [0.4, 0.5) is 0 Å². The summed E-state index contributed by atoms with van der Waals surface area (Å²) in [6, 6.07) is 9.12. The molecule has 0 aliphatic carbocycles. The summed E-state index contributed by atoms with van der Waals surface area (Å²) in [6.45, 7) is 1.94. The van der Waals surface area contributed by atoms with Gasteiger partial charge in [0, 0.05) is 23.7 Å². The Kier molecular flexibility index (Phi) is 4.34. The van der Waals surface area contributed by atoms with Gasteiger partial charge in [-0.25, -0.2) is 9.78 Å². The van der Waals surface area contributed by atoms with Crippen molar-refractivity contribution in [1.82, 2.24) is 9.38 Å². The molecule has 0 aliphatic rings. The molecule has 0 aliphatic heterocycles. The minimum absolute atomic E-state index is 0.0272. The van der Waals surface area contributed by atoms with Crippen LogP contribution in [0.5, 0.6) is 0 Å². The molecular weight excluding hydrogens is 312 g/mol. The third kappa shape index (κ3) is 3.54. The van der Waals surface area contributed by atoms with Gasteiger partial charge >= 0.3 is 5.97 Å². The van der Waals surface area contributed by atoms with Crippen LogP contribution >= 0.6 is 11.3 Å². The van der Waals surface area contributed by atoms with E-state index in [0.717, 1.165) is 11.1 Å². The number of nitrogens with zero attached hydrogens (tertiary/aromatic N) is 2. The number of thiazole rings is 1. The van der Waals surface area contributed by atoms with Crippen LogP contribution in [0, 0.1) is 6.92 Å². The third-order valence-corrected chi connectivity index (χ3v) is 4.06. The van der Waals surface area contributed by atoms with Gasteiger partial charge < -0.3 is 4.74 Å². The molecular formula is C17H14N2O3S. The van der Waals surface area contributed by atoms with Gasteiger partial charge in [-0.2, -0.15) is 0 Å². The Morgan fingerprint density at radius 3 is 3.04 bits per heavy atom. The average Bonchev–Trinajstić information content (AvgIpc) is 3.01. The van der Waals surface area contributed by atoms with E-state index in [1.807, 2.05) is 31.2 Å². The van der Waals surface area contributed by atoms with E-state index >= 15 is 0 Å². The molecule has 0 saturated carbocycles. The molecule has 0 bridgehead atoms. The van der Waals surface area contributed by atoms with Gasteiger partial charge in [-0.1, -0.05) is 24.3 Å². The van der Waals surface area contributed by atoms with E-state index in [4.69, 9.17) is 4.74 Å². The molecule has 23 heavy (non-hydrogen) atoms. The second kappa shape index (κ2) is 6.58. The topological polar surface area (TPSA) is 60.7 Å². The predicted molar refractivity (Wildman–Crippen MR) is 89.3 cm³/mol. The lowest BCUT2D eigenvalue weighted by Gasteiger charge is -2.02. The number of hydrogen-bond acceptors (Lipinski definition) is 5. The number of aryl methyl sites for hydroxylation is 1. The zero-order valence-electron chi connectivity index (χ0n) is 12.4. The molecule has 116 valence electrons. The molecule has 0 fully saturated rings. The average molecular weight is 326 g/mol. The zero-order valence-corrected chi connectivity index (χ0v) is 13.2. The summed E-state index contributed by atoms with van der Waals surface area (Å²) in [7, 11) is 0. The van der Waals surface area contributed by atoms with Crippen LogP contribution in [0.1, 0.15) is 16.8 Å². The maximum atomic E-state index is 11.8. The highest BCUT2D eigenvalue weighted by molar-refractivity contribution is 7.15. The molecule has 0 saturated heterocycles. The summed E-state index contributed by atoms with van der Waals surface area (Å²) in [5.74, 6) is -0.471. The Labute approximate surface area is 136 Å². The van der Waals surface area contributed by atoms with Crippen molar-refractivity contribution in [3.8, 4) is 0 Å². The fraction of sp³-hybridized carbons (Fsp3) is 0.118. The van der Waals surface area contributed by atoms with E-state index in [2.05, 4.69) is 4.98 Å². The molecule has 0 amide bonds. The summed E-state index contributed by atoms with van der Waals surface area (Å²) < 4.78 is 6.59. The number of ether oxygens (including phenoxy) is 1. The van der Waals surface area contributed by atoms with Crippen LogP contribution in [0.25, 0.3) is 11.0 Å². The first-order valence-corrected chi connectivity index (χ1v) is 7.88. The van der Waals surface area contributed by atoms with Crippen LogP contribution in [-0.2, 0) is 16.1 Å². The second-order valence-electron chi connectivity index (χ2n) is 4.94. The minimum Gasteiger partial charge on any atom is -0.456 e. The lowest BCUT2D eigenvalue weighted by atomic mass is 10.1. The second-order valence-corrected chi connectivity index (χ2v) is 5.81. The van der Waals surface area contributed by atoms with Gasteiger partial charge in [0.15, 0.2) is 4.96 Å². The molecule has 0 radical (unpaired) electrons. The van der Waals surface area contributed by atoms with Crippen molar-refractivity contribution in [1.29, 1.82) is 0 Å². The molecule has 0 spiro atoms. The summed E-state index contributed by atoms with van der Waals surface area (Å²) in [6.07, 6.45) is 4.75. The predicted octanol–water partition coefficient (Wildman–Crippen LogP) is 2.82. The van der Waals surface area contributed by atoms with Crippen LogP contribution < -0.4 is 5.56 Å². The highest BCUT2D eigenvalue weighted by Gasteiger charge is 2.05. The number of carbonyl (C=O) groups excluding carboxylic acids is 1. The SMILES string of the molecule is Cc1ccccc1/C=C/C(=O)OCc1cc(=O)n2ccsc2n1. The molecule has 6 heteroatoms. The fourth-order valence-corrected chi connectivity index (χ4v) is 2.83. The van der Waals surface area contributed by atoms with E-state index < -0.39 is 5.97 Å². The van der Waals surface area contributed by atoms with E-state index in [9.17, 15) is 9.59 Å². The molecule has 1 aromatic carbocycles. The molecule has 3 aromatic rings. The molecule has 0 N–H and O–H groups in total. The van der Waals surface area contributed by atoms with Crippen molar-refractivity contribution in [3.05, 3.63) is 75.2 Å². The lowest BCUT2D eigenvalue weighted by Crippen LogP contribution is -2.14. The van der Waals surface area contributed by atoms with Gasteiger partial charge in [-0.3, -0.25) is 9.20 Å². The molecule has 0 atom stereocenters. The number of aromatic nitrogens is 2. The number of fused-ring (bicyclic) bond motifs is 1. The van der Waals surface area contributed by atoms with Crippen LogP contribution in [-0.4, -0.2) is 15.4 Å². The quantitative estimate of drug-likeness (QED) is 0.546. The number of carbonyl (C=O) groups is 1. The fourth-order valence-electron chi connectivity index (χ4n) is 2.09. The highest BCUT2D eigenvalue weighted by Crippen LogP contribution is 2.10. The number of benzene rings is 1. The van der Waals surface area contributed by atoms with Gasteiger partial charge in [0.05, 0.1) is 5.69 Å². The van der Waals surface area contributed by atoms with Crippen LogP contribution in [0.15, 0.2) is 52.8 Å². The molecule has 0 unspecified atom stereocenters. The van der Waals surface area contributed by atoms with Crippen molar-refractivity contribution in [2.24, 2.45) is 0 Å². The van der Waals surface area contributed by atoms with Gasteiger partial charge in [0.25, 0.3) is 5.56 Å². The maximum absolute atomic E-state index is 11.8.